The first-order chi connectivity index (χ1) is 12.5. The molecule has 26 heavy (non-hydrogen) atoms. The number of carbonyl (C=O) groups excluding carboxylic acids is 1. The molecule has 7 heteroatoms. The Bertz CT molecular complexity index is 932. The van der Waals surface area contributed by atoms with Gasteiger partial charge in [0.2, 0.25) is 6.79 Å². The van der Waals surface area contributed by atoms with E-state index in [0.717, 1.165) is 27.6 Å². The Balaban J connectivity index is 1.43. The molecule has 0 spiro atoms. The van der Waals surface area contributed by atoms with Crippen LogP contribution in [0.4, 0.5) is 0 Å². The van der Waals surface area contributed by atoms with Crippen LogP contribution in [-0.4, -0.2) is 24.2 Å². The third kappa shape index (κ3) is 3.32. The van der Waals surface area contributed by atoms with E-state index in [0.29, 0.717) is 12.2 Å². The summed E-state index contributed by atoms with van der Waals surface area (Å²) in [6.45, 7) is 4.92. The molecule has 134 valence electrons. The number of thiophene rings is 1. The number of rotatable bonds is 5. The van der Waals surface area contributed by atoms with Crippen molar-refractivity contribution in [2.45, 2.75) is 19.3 Å². The summed E-state index contributed by atoms with van der Waals surface area (Å²) in [4.78, 5) is 16.9. The number of hydrogen-bond donors (Lipinski definition) is 1. The molecule has 5 nitrogen and oxygen atoms in total. The van der Waals surface area contributed by atoms with Crippen molar-refractivity contribution >= 4 is 28.6 Å². The molecule has 1 amide bonds. The molecule has 0 aliphatic carbocycles. The van der Waals surface area contributed by atoms with Crippen LogP contribution < -0.4 is 14.8 Å². The molecule has 1 N–H and O–H groups in total. The molecule has 0 saturated carbocycles. The fourth-order valence-corrected chi connectivity index (χ4v) is 4.22. The number of aromatic nitrogens is 1. The highest BCUT2D eigenvalue weighted by Gasteiger charge is 2.25. The zero-order chi connectivity index (χ0) is 18.1. The van der Waals surface area contributed by atoms with Gasteiger partial charge in [-0.25, -0.2) is 4.98 Å². The number of carbonyl (C=O) groups is 1. The van der Waals surface area contributed by atoms with Crippen LogP contribution in [0.5, 0.6) is 11.5 Å². The SMILES string of the molecule is CC(C)(CNC(=O)c1csc(-c2ccsc2)n1)c1ccc2c(c1)OCO2. The van der Waals surface area contributed by atoms with Crippen LogP contribution >= 0.6 is 22.7 Å². The van der Waals surface area contributed by atoms with Gasteiger partial charge in [-0.05, 0) is 29.1 Å². The summed E-state index contributed by atoms with van der Waals surface area (Å²) in [6, 6.07) is 7.91. The fraction of sp³-hybridized carbons (Fsp3) is 0.263. The summed E-state index contributed by atoms with van der Waals surface area (Å²) < 4.78 is 10.8. The lowest BCUT2D eigenvalue weighted by Crippen LogP contribution is -2.36. The maximum Gasteiger partial charge on any atom is 0.270 e. The predicted octanol–water partition coefficient (Wildman–Crippen LogP) is 4.31. The third-order valence-corrected chi connectivity index (χ3v) is 5.92. The van der Waals surface area contributed by atoms with Gasteiger partial charge in [0.15, 0.2) is 11.5 Å². The maximum absolute atomic E-state index is 12.5. The van der Waals surface area contributed by atoms with Crippen molar-refractivity contribution in [3.8, 4) is 22.1 Å². The Morgan fingerprint density at radius 1 is 1.23 bits per heavy atom. The number of fused-ring (bicyclic) bond motifs is 1. The number of thiazole rings is 1. The first-order valence-electron chi connectivity index (χ1n) is 8.19. The van der Waals surface area contributed by atoms with E-state index in [2.05, 4.69) is 24.1 Å². The average molecular weight is 386 g/mol. The van der Waals surface area contributed by atoms with Gasteiger partial charge < -0.3 is 14.8 Å². The molecule has 1 aliphatic heterocycles. The zero-order valence-electron chi connectivity index (χ0n) is 14.4. The molecule has 0 fully saturated rings. The van der Waals surface area contributed by atoms with Gasteiger partial charge >= 0.3 is 0 Å². The van der Waals surface area contributed by atoms with Crippen LogP contribution in [0.3, 0.4) is 0 Å². The van der Waals surface area contributed by atoms with Gasteiger partial charge in [0.25, 0.3) is 5.91 Å². The Labute approximate surface area is 159 Å². The molecule has 2 aromatic heterocycles. The van der Waals surface area contributed by atoms with Crippen LogP contribution in [0.15, 0.2) is 40.4 Å². The van der Waals surface area contributed by atoms with Crippen LogP contribution in [0.1, 0.15) is 29.9 Å². The number of amides is 1. The Hall–Kier alpha value is -2.38. The van der Waals surface area contributed by atoms with Crippen molar-refractivity contribution in [1.82, 2.24) is 10.3 Å². The molecule has 1 aromatic carbocycles. The van der Waals surface area contributed by atoms with Gasteiger partial charge in [-0.3, -0.25) is 4.79 Å². The third-order valence-electron chi connectivity index (χ3n) is 4.35. The molecule has 0 unspecified atom stereocenters. The standard InChI is InChI=1S/C19H18N2O3S2/c1-19(2,13-3-4-15-16(7-13)24-11-23-15)10-20-17(22)14-9-26-18(21-14)12-5-6-25-8-12/h3-9H,10-11H2,1-2H3,(H,20,22). The lowest BCUT2D eigenvalue weighted by atomic mass is 9.84. The molecule has 4 rings (SSSR count). The van der Waals surface area contributed by atoms with Crippen molar-refractivity contribution in [2.24, 2.45) is 0 Å². The van der Waals surface area contributed by atoms with E-state index in [1.165, 1.54) is 11.3 Å². The lowest BCUT2D eigenvalue weighted by molar-refractivity contribution is 0.0941. The minimum atomic E-state index is -0.247. The second kappa shape index (κ2) is 6.74. The summed E-state index contributed by atoms with van der Waals surface area (Å²) in [7, 11) is 0. The first-order valence-corrected chi connectivity index (χ1v) is 10.0. The molecular formula is C19H18N2O3S2. The van der Waals surface area contributed by atoms with Crippen LogP contribution in [0.2, 0.25) is 0 Å². The van der Waals surface area contributed by atoms with Crippen molar-refractivity contribution < 1.29 is 14.3 Å². The number of hydrogen-bond acceptors (Lipinski definition) is 6. The summed E-state index contributed by atoms with van der Waals surface area (Å²) in [5.41, 5.74) is 2.35. The van der Waals surface area contributed by atoms with E-state index in [-0.39, 0.29) is 18.1 Å². The Kier molecular flexibility index (Phi) is 4.42. The zero-order valence-corrected chi connectivity index (χ0v) is 16.1. The molecule has 1 aliphatic rings. The van der Waals surface area contributed by atoms with Gasteiger partial charge in [0.05, 0.1) is 0 Å². The molecule has 0 radical (unpaired) electrons. The quantitative estimate of drug-likeness (QED) is 0.710. The van der Waals surface area contributed by atoms with E-state index in [1.54, 1.807) is 16.7 Å². The monoisotopic (exact) mass is 386 g/mol. The number of nitrogens with one attached hydrogen (secondary N) is 1. The van der Waals surface area contributed by atoms with Crippen molar-refractivity contribution in [3.05, 3.63) is 51.7 Å². The normalized spacial score (nSPS) is 13.0. The Morgan fingerprint density at radius 3 is 2.88 bits per heavy atom. The molecule has 0 atom stereocenters. The summed E-state index contributed by atoms with van der Waals surface area (Å²) in [6.07, 6.45) is 0. The minimum absolute atomic E-state index is 0.156. The summed E-state index contributed by atoms with van der Waals surface area (Å²) >= 11 is 3.10. The van der Waals surface area contributed by atoms with E-state index < -0.39 is 0 Å². The highest BCUT2D eigenvalue weighted by molar-refractivity contribution is 7.14. The second-order valence-electron chi connectivity index (χ2n) is 6.68. The van der Waals surface area contributed by atoms with E-state index in [1.807, 2.05) is 35.0 Å². The highest BCUT2D eigenvalue weighted by Crippen LogP contribution is 2.36. The minimum Gasteiger partial charge on any atom is -0.454 e. The highest BCUT2D eigenvalue weighted by atomic mass is 32.1. The Morgan fingerprint density at radius 2 is 2.08 bits per heavy atom. The van der Waals surface area contributed by atoms with Crippen LogP contribution in [-0.2, 0) is 5.41 Å². The van der Waals surface area contributed by atoms with Gasteiger partial charge in [-0.2, -0.15) is 11.3 Å². The molecular weight excluding hydrogens is 368 g/mol. The number of benzene rings is 1. The number of nitrogens with zero attached hydrogens (tertiary/aromatic N) is 1. The van der Waals surface area contributed by atoms with Gasteiger partial charge in [-0.1, -0.05) is 19.9 Å². The van der Waals surface area contributed by atoms with Crippen LogP contribution in [0, 0.1) is 0 Å². The molecule has 3 heterocycles. The van der Waals surface area contributed by atoms with E-state index >= 15 is 0 Å². The average Bonchev–Trinajstić information content (AvgIpc) is 3.39. The predicted molar refractivity (Wildman–Crippen MR) is 103 cm³/mol. The molecule has 0 bridgehead atoms. The van der Waals surface area contributed by atoms with E-state index in [4.69, 9.17) is 9.47 Å². The lowest BCUT2D eigenvalue weighted by Gasteiger charge is -2.25. The summed E-state index contributed by atoms with van der Waals surface area (Å²) in [5.74, 6) is 1.36. The van der Waals surface area contributed by atoms with Crippen LogP contribution in [0.25, 0.3) is 10.6 Å². The smallest absolute Gasteiger partial charge is 0.270 e. The second-order valence-corrected chi connectivity index (χ2v) is 8.32. The topological polar surface area (TPSA) is 60.5 Å². The van der Waals surface area contributed by atoms with Crippen molar-refractivity contribution in [2.75, 3.05) is 13.3 Å². The fourth-order valence-electron chi connectivity index (χ4n) is 2.71. The van der Waals surface area contributed by atoms with Crippen molar-refractivity contribution in [1.29, 1.82) is 0 Å². The maximum atomic E-state index is 12.5. The van der Waals surface area contributed by atoms with E-state index in [9.17, 15) is 4.79 Å². The van der Waals surface area contributed by atoms with Gasteiger partial charge in [0.1, 0.15) is 10.7 Å². The first kappa shape index (κ1) is 17.1. The molecule has 0 saturated heterocycles. The van der Waals surface area contributed by atoms with Gasteiger partial charge in [0, 0.05) is 28.3 Å². The van der Waals surface area contributed by atoms with Crippen molar-refractivity contribution in [3.63, 3.8) is 0 Å². The largest absolute Gasteiger partial charge is 0.454 e. The van der Waals surface area contributed by atoms with Gasteiger partial charge in [-0.15, -0.1) is 11.3 Å². The summed E-state index contributed by atoms with van der Waals surface area (Å²) in [5, 5.41) is 9.70. The molecule has 3 aromatic rings. The number of ether oxygens (including phenoxy) is 2.